The molecule has 2 aliphatic heterocycles. The summed E-state index contributed by atoms with van der Waals surface area (Å²) < 4.78 is 5.91. The summed E-state index contributed by atoms with van der Waals surface area (Å²) in [6.07, 6.45) is 3.45. The third-order valence-electron chi connectivity index (χ3n) is 5.81. The molecule has 5 nitrogen and oxygen atoms in total. The summed E-state index contributed by atoms with van der Waals surface area (Å²) in [5, 5.41) is 0. The van der Waals surface area contributed by atoms with Gasteiger partial charge >= 0.3 is 0 Å². The van der Waals surface area contributed by atoms with Crippen LogP contribution in [0.4, 0.5) is 0 Å². The van der Waals surface area contributed by atoms with Crippen LogP contribution in [0.25, 0.3) is 0 Å². The summed E-state index contributed by atoms with van der Waals surface area (Å²) >= 11 is 0. The molecule has 0 radical (unpaired) electrons. The number of ether oxygens (including phenoxy) is 1. The Kier molecular flexibility index (Phi) is 4.95. The predicted molar refractivity (Wildman–Crippen MR) is 97.8 cm³/mol. The van der Waals surface area contributed by atoms with Gasteiger partial charge in [-0.1, -0.05) is 18.2 Å². The number of benzene rings is 1. The molecule has 0 N–H and O–H groups in total. The van der Waals surface area contributed by atoms with Gasteiger partial charge in [0, 0.05) is 45.3 Å². The second-order valence-electron chi connectivity index (χ2n) is 7.56. The van der Waals surface area contributed by atoms with Gasteiger partial charge in [-0.25, -0.2) is 0 Å². The number of hydrogen-bond acceptors (Lipinski definition) is 4. The van der Waals surface area contributed by atoms with Crippen molar-refractivity contribution in [3.63, 3.8) is 0 Å². The SMILES string of the molecule is Cc1ccccc1OCCN1CCN([C@H]2CCN(C3CC3)C2=O)CC1. The van der Waals surface area contributed by atoms with Gasteiger partial charge in [0.25, 0.3) is 0 Å². The van der Waals surface area contributed by atoms with Crippen LogP contribution < -0.4 is 4.74 Å². The first-order valence-electron chi connectivity index (χ1n) is 9.68. The lowest BCUT2D eigenvalue weighted by atomic mass is 10.2. The average Bonchev–Trinajstić information content (AvgIpc) is 3.40. The Hall–Kier alpha value is -1.59. The molecule has 3 fully saturated rings. The highest BCUT2D eigenvalue weighted by Crippen LogP contribution is 2.32. The van der Waals surface area contributed by atoms with Crippen molar-refractivity contribution in [3.05, 3.63) is 29.8 Å². The topological polar surface area (TPSA) is 36.0 Å². The van der Waals surface area contributed by atoms with Crippen LogP contribution in [-0.4, -0.2) is 78.6 Å². The Morgan fingerprint density at radius 2 is 1.80 bits per heavy atom. The van der Waals surface area contributed by atoms with E-state index in [1.807, 2.05) is 18.2 Å². The van der Waals surface area contributed by atoms with Crippen LogP contribution >= 0.6 is 0 Å². The van der Waals surface area contributed by atoms with Crippen LogP contribution in [0.2, 0.25) is 0 Å². The number of nitrogens with zero attached hydrogens (tertiary/aromatic N) is 3. The van der Waals surface area contributed by atoms with Crippen molar-refractivity contribution in [2.24, 2.45) is 0 Å². The number of likely N-dealkylation sites (tertiary alicyclic amines) is 1. The minimum absolute atomic E-state index is 0.144. The number of amides is 1. The van der Waals surface area contributed by atoms with Crippen LogP contribution in [-0.2, 0) is 4.79 Å². The van der Waals surface area contributed by atoms with Crippen molar-refractivity contribution in [1.29, 1.82) is 0 Å². The molecule has 2 saturated heterocycles. The van der Waals surface area contributed by atoms with E-state index in [-0.39, 0.29) is 6.04 Å². The summed E-state index contributed by atoms with van der Waals surface area (Å²) in [5.41, 5.74) is 1.19. The number of carbonyl (C=O) groups excluding carboxylic acids is 1. The molecule has 1 aromatic carbocycles. The van der Waals surface area contributed by atoms with Crippen molar-refractivity contribution >= 4 is 5.91 Å². The van der Waals surface area contributed by atoms with Gasteiger partial charge in [0.1, 0.15) is 12.4 Å². The van der Waals surface area contributed by atoms with Crippen molar-refractivity contribution in [2.45, 2.75) is 38.3 Å². The number of carbonyl (C=O) groups is 1. The zero-order valence-electron chi connectivity index (χ0n) is 15.2. The summed E-state index contributed by atoms with van der Waals surface area (Å²) in [4.78, 5) is 19.6. The number of piperazine rings is 1. The standard InChI is InChI=1S/C20H29N3O2/c1-16-4-2-3-5-19(16)25-15-14-21-10-12-22(13-11-21)18-8-9-23(20(18)24)17-6-7-17/h2-5,17-18H,6-15H2,1H3/t18-/m0/s1. The van der Waals surface area contributed by atoms with Crippen molar-refractivity contribution < 1.29 is 9.53 Å². The Morgan fingerprint density at radius 3 is 2.52 bits per heavy atom. The molecular weight excluding hydrogens is 314 g/mol. The molecule has 0 aromatic heterocycles. The van der Waals surface area contributed by atoms with E-state index in [9.17, 15) is 4.79 Å². The molecule has 3 aliphatic rings. The molecule has 1 saturated carbocycles. The lowest BCUT2D eigenvalue weighted by Crippen LogP contribution is -2.53. The maximum absolute atomic E-state index is 12.6. The van der Waals surface area contributed by atoms with Gasteiger partial charge < -0.3 is 9.64 Å². The van der Waals surface area contributed by atoms with Crippen molar-refractivity contribution in [1.82, 2.24) is 14.7 Å². The van der Waals surface area contributed by atoms with E-state index in [2.05, 4.69) is 27.7 Å². The Morgan fingerprint density at radius 1 is 1.04 bits per heavy atom. The maximum atomic E-state index is 12.6. The number of rotatable bonds is 6. The fourth-order valence-electron chi connectivity index (χ4n) is 4.08. The van der Waals surface area contributed by atoms with E-state index < -0.39 is 0 Å². The van der Waals surface area contributed by atoms with E-state index in [0.29, 0.717) is 11.9 Å². The zero-order valence-corrected chi connectivity index (χ0v) is 15.2. The Labute approximate surface area is 150 Å². The minimum Gasteiger partial charge on any atom is -0.492 e. The van der Waals surface area contributed by atoms with Crippen LogP contribution in [0, 0.1) is 6.92 Å². The third-order valence-corrected chi connectivity index (χ3v) is 5.81. The van der Waals surface area contributed by atoms with Gasteiger partial charge in [-0.05, 0) is 37.8 Å². The van der Waals surface area contributed by atoms with Gasteiger partial charge in [0.2, 0.25) is 5.91 Å². The molecule has 1 aromatic rings. The van der Waals surface area contributed by atoms with Gasteiger partial charge in [0.15, 0.2) is 0 Å². The highest BCUT2D eigenvalue weighted by atomic mass is 16.5. The first-order chi connectivity index (χ1) is 12.2. The molecule has 1 atom stereocenters. The van der Waals surface area contributed by atoms with Crippen molar-refractivity contribution in [3.8, 4) is 5.75 Å². The van der Waals surface area contributed by atoms with Gasteiger partial charge in [-0.2, -0.15) is 0 Å². The van der Waals surface area contributed by atoms with E-state index >= 15 is 0 Å². The van der Waals surface area contributed by atoms with Gasteiger partial charge in [-0.15, -0.1) is 0 Å². The summed E-state index contributed by atoms with van der Waals surface area (Å²) in [5.74, 6) is 1.37. The fourth-order valence-corrected chi connectivity index (χ4v) is 4.08. The monoisotopic (exact) mass is 343 g/mol. The molecule has 1 aliphatic carbocycles. The molecule has 1 amide bonds. The average molecular weight is 343 g/mol. The Bertz CT molecular complexity index is 609. The molecule has 2 heterocycles. The van der Waals surface area contributed by atoms with Crippen molar-refractivity contribution in [2.75, 3.05) is 45.9 Å². The normalized spacial score (nSPS) is 25.6. The van der Waals surface area contributed by atoms with E-state index in [1.165, 1.54) is 18.4 Å². The molecule has 0 bridgehead atoms. The summed E-state index contributed by atoms with van der Waals surface area (Å²) in [7, 11) is 0. The molecule has 0 unspecified atom stereocenters. The fraction of sp³-hybridized carbons (Fsp3) is 0.650. The van der Waals surface area contributed by atoms with Crippen LogP contribution in [0.3, 0.4) is 0 Å². The summed E-state index contributed by atoms with van der Waals surface area (Å²) in [6.45, 7) is 8.79. The number of hydrogen-bond donors (Lipinski definition) is 0. The van der Waals surface area contributed by atoms with Gasteiger partial charge in [-0.3, -0.25) is 14.6 Å². The van der Waals surface area contributed by atoms with Gasteiger partial charge in [0.05, 0.1) is 6.04 Å². The molecular formula is C20H29N3O2. The molecule has 5 heteroatoms. The highest BCUT2D eigenvalue weighted by Gasteiger charge is 2.43. The third kappa shape index (κ3) is 3.82. The van der Waals surface area contributed by atoms with E-state index in [0.717, 1.165) is 58.0 Å². The number of para-hydroxylation sites is 1. The summed E-state index contributed by atoms with van der Waals surface area (Å²) in [6, 6.07) is 8.88. The smallest absolute Gasteiger partial charge is 0.240 e. The second kappa shape index (κ2) is 7.34. The molecule has 0 spiro atoms. The zero-order chi connectivity index (χ0) is 17.2. The van der Waals surface area contributed by atoms with Crippen LogP contribution in [0.5, 0.6) is 5.75 Å². The quantitative estimate of drug-likeness (QED) is 0.789. The first kappa shape index (κ1) is 16.9. The predicted octanol–water partition coefficient (Wildman–Crippen LogP) is 1.75. The van der Waals surface area contributed by atoms with Crippen LogP contribution in [0.1, 0.15) is 24.8 Å². The lowest BCUT2D eigenvalue weighted by molar-refractivity contribution is -0.133. The molecule has 4 rings (SSSR count). The lowest BCUT2D eigenvalue weighted by Gasteiger charge is -2.37. The Balaban J connectivity index is 1.20. The molecule has 136 valence electrons. The van der Waals surface area contributed by atoms with Crippen LogP contribution in [0.15, 0.2) is 24.3 Å². The highest BCUT2D eigenvalue weighted by molar-refractivity contribution is 5.84. The maximum Gasteiger partial charge on any atom is 0.240 e. The van der Waals surface area contributed by atoms with E-state index in [4.69, 9.17) is 4.74 Å². The second-order valence-corrected chi connectivity index (χ2v) is 7.56. The minimum atomic E-state index is 0.144. The largest absolute Gasteiger partial charge is 0.492 e. The number of aryl methyl sites for hydroxylation is 1. The van der Waals surface area contributed by atoms with E-state index in [1.54, 1.807) is 0 Å². The molecule has 25 heavy (non-hydrogen) atoms. The first-order valence-corrected chi connectivity index (χ1v) is 9.68.